The molecule has 0 bridgehead atoms. The molecular weight excluding hydrogens is 300 g/mol. The molecule has 0 amide bonds. The number of phenols is 2. The summed E-state index contributed by atoms with van der Waals surface area (Å²) < 4.78 is 5.76. The second-order valence-electron chi connectivity index (χ2n) is 6.30. The zero-order chi connectivity index (χ0) is 17.2. The monoisotopic (exact) mass is 320 g/mol. The highest BCUT2D eigenvalue weighted by Crippen LogP contribution is 2.34. The van der Waals surface area contributed by atoms with Gasteiger partial charge in [-0.15, -0.1) is 0 Å². The van der Waals surface area contributed by atoms with Crippen molar-refractivity contribution in [2.45, 2.75) is 19.3 Å². The van der Waals surface area contributed by atoms with Crippen molar-refractivity contribution in [2.75, 3.05) is 0 Å². The molecule has 0 aliphatic carbocycles. The molecular formula is C21H20O3. The fraction of sp³-hybridized carbons (Fsp3) is 0.143. The van der Waals surface area contributed by atoms with Crippen LogP contribution >= 0.6 is 0 Å². The Morgan fingerprint density at radius 2 is 1.25 bits per heavy atom. The Hall–Kier alpha value is -2.94. The first-order chi connectivity index (χ1) is 11.4. The van der Waals surface area contributed by atoms with E-state index in [9.17, 15) is 10.2 Å². The van der Waals surface area contributed by atoms with Crippen LogP contribution in [0.3, 0.4) is 0 Å². The van der Waals surface area contributed by atoms with E-state index in [1.54, 1.807) is 36.4 Å². The predicted octanol–water partition coefficient (Wildman–Crippen LogP) is 5.22. The maximum atomic E-state index is 9.49. The lowest BCUT2D eigenvalue weighted by molar-refractivity contribution is 0.455. The molecule has 0 fully saturated rings. The quantitative estimate of drug-likeness (QED) is 0.693. The zero-order valence-corrected chi connectivity index (χ0v) is 13.7. The summed E-state index contributed by atoms with van der Waals surface area (Å²) in [6, 6.07) is 21.9. The molecule has 24 heavy (non-hydrogen) atoms. The Bertz CT molecular complexity index is 818. The molecule has 3 rings (SSSR count). The Kier molecular flexibility index (Phi) is 4.17. The van der Waals surface area contributed by atoms with Gasteiger partial charge in [-0.2, -0.15) is 0 Å². The van der Waals surface area contributed by atoms with Crippen molar-refractivity contribution in [2.24, 2.45) is 0 Å². The Morgan fingerprint density at radius 1 is 0.667 bits per heavy atom. The molecule has 3 aromatic carbocycles. The van der Waals surface area contributed by atoms with Crippen LogP contribution in [0, 0.1) is 0 Å². The predicted molar refractivity (Wildman–Crippen MR) is 94.9 cm³/mol. The number of hydrogen-bond donors (Lipinski definition) is 2. The lowest BCUT2D eigenvalue weighted by Gasteiger charge is -2.26. The van der Waals surface area contributed by atoms with Gasteiger partial charge in [-0.25, -0.2) is 0 Å². The van der Waals surface area contributed by atoms with Crippen molar-refractivity contribution >= 4 is 0 Å². The van der Waals surface area contributed by atoms with Crippen LogP contribution in [0.25, 0.3) is 0 Å². The van der Waals surface area contributed by atoms with Crippen molar-refractivity contribution < 1.29 is 14.9 Å². The minimum atomic E-state index is -0.183. The molecule has 0 atom stereocenters. The van der Waals surface area contributed by atoms with Crippen LogP contribution in [0.5, 0.6) is 23.0 Å². The van der Waals surface area contributed by atoms with E-state index in [-0.39, 0.29) is 16.9 Å². The number of benzene rings is 3. The van der Waals surface area contributed by atoms with E-state index in [4.69, 9.17) is 4.74 Å². The van der Waals surface area contributed by atoms with E-state index in [1.165, 1.54) is 0 Å². The van der Waals surface area contributed by atoms with Gasteiger partial charge in [-0.3, -0.25) is 0 Å². The van der Waals surface area contributed by atoms with Crippen molar-refractivity contribution in [1.29, 1.82) is 0 Å². The van der Waals surface area contributed by atoms with Crippen LogP contribution in [-0.2, 0) is 5.41 Å². The van der Waals surface area contributed by atoms with Crippen molar-refractivity contribution in [3.8, 4) is 23.0 Å². The van der Waals surface area contributed by atoms with Crippen LogP contribution < -0.4 is 4.74 Å². The van der Waals surface area contributed by atoms with Crippen molar-refractivity contribution in [3.05, 3.63) is 83.9 Å². The second kappa shape index (κ2) is 6.28. The average Bonchev–Trinajstić information content (AvgIpc) is 2.56. The molecule has 2 N–H and O–H groups in total. The van der Waals surface area contributed by atoms with Crippen molar-refractivity contribution in [3.63, 3.8) is 0 Å². The highest BCUT2D eigenvalue weighted by Gasteiger charge is 2.23. The third-order valence-electron chi connectivity index (χ3n) is 4.22. The first-order valence-electron chi connectivity index (χ1n) is 7.82. The lowest BCUT2D eigenvalue weighted by Crippen LogP contribution is -2.18. The van der Waals surface area contributed by atoms with E-state index in [2.05, 4.69) is 13.8 Å². The highest BCUT2D eigenvalue weighted by molar-refractivity contribution is 5.43. The summed E-state index contributed by atoms with van der Waals surface area (Å²) in [4.78, 5) is 0. The summed E-state index contributed by atoms with van der Waals surface area (Å²) in [6.45, 7) is 4.29. The Balaban J connectivity index is 1.82. The van der Waals surface area contributed by atoms with Gasteiger partial charge in [0.2, 0.25) is 0 Å². The van der Waals surface area contributed by atoms with Crippen LogP contribution in [0.15, 0.2) is 72.8 Å². The SMILES string of the molecule is CC(C)(c1ccc(O)cc1)c1ccc(Oc2cccc(O)c2)cc1. The summed E-state index contributed by atoms with van der Waals surface area (Å²) in [5.41, 5.74) is 2.09. The van der Waals surface area contributed by atoms with Gasteiger partial charge in [0.05, 0.1) is 0 Å². The van der Waals surface area contributed by atoms with Gasteiger partial charge in [-0.1, -0.05) is 44.2 Å². The molecule has 0 heterocycles. The summed E-state index contributed by atoms with van der Waals surface area (Å²) in [5.74, 6) is 1.76. The fourth-order valence-corrected chi connectivity index (χ4v) is 2.67. The average molecular weight is 320 g/mol. The molecule has 3 aromatic rings. The van der Waals surface area contributed by atoms with E-state index in [0.29, 0.717) is 11.5 Å². The maximum absolute atomic E-state index is 9.49. The van der Waals surface area contributed by atoms with Gasteiger partial charge >= 0.3 is 0 Å². The van der Waals surface area contributed by atoms with E-state index >= 15 is 0 Å². The van der Waals surface area contributed by atoms with Gasteiger partial charge in [0.25, 0.3) is 0 Å². The number of rotatable bonds is 4. The minimum absolute atomic E-state index is 0.178. The Morgan fingerprint density at radius 3 is 1.83 bits per heavy atom. The molecule has 0 aliphatic heterocycles. The first kappa shape index (κ1) is 15.9. The molecule has 0 aliphatic rings. The van der Waals surface area contributed by atoms with Crippen LogP contribution in [0.4, 0.5) is 0 Å². The van der Waals surface area contributed by atoms with Crippen molar-refractivity contribution in [1.82, 2.24) is 0 Å². The minimum Gasteiger partial charge on any atom is -0.508 e. The highest BCUT2D eigenvalue weighted by atomic mass is 16.5. The molecule has 3 nitrogen and oxygen atoms in total. The third kappa shape index (κ3) is 3.35. The molecule has 0 aromatic heterocycles. The Labute approximate surface area is 141 Å². The standard InChI is InChI=1S/C21H20O3/c1-21(2,15-6-10-17(22)11-7-15)16-8-12-19(13-9-16)24-20-5-3-4-18(23)14-20/h3-14,22-23H,1-2H3. The number of ether oxygens (including phenoxy) is 1. The van der Waals surface area contributed by atoms with E-state index in [1.807, 2.05) is 36.4 Å². The number of phenolic OH excluding ortho intramolecular Hbond substituents is 2. The summed E-state index contributed by atoms with van der Waals surface area (Å²) in [7, 11) is 0. The summed E-state index contributed by atoms with van der Waals surface area (Å²) >= 11 is 0. The molecule has 0 radical (unpaired) electrons. The molecule has 0 saturated carbocycles. The third-order valence-corrected chi connectivity index (χ3v) is 4.22. The van der Waals surface area contributed by atoms with E-state index in [0.717, 1.165) is 11.1 Å². The number of aromatic hydroxyl groups is 2. The molecule has 122 valence electrons. The normalized spacial score (nSPS) is 11.2. The van der Waals surface area contributed by atoms with Gasteiger partial charge in [0.1, 0.15) is 23.0 Å². The smallest absolute Gasteiger partial charge is 0.131 e. The maximum Gasteiger partial charge on any atom is 0.131 e. The van der Waals surface area contributed by atoms with Crippen LogP contribution in [-0.4, -0.2) is 10.2 Å². The van der Waals surface area contributed by atoms with Gasteiger partial charge in [-0.05, 0) is 47.5 Å². The number of hydrogen-bond acceptors (Lipinski definition) is 3. The molecule has 0 unspecified atom stereocenters. The van der Waals surface area contributed by atoms with Gasteiger partial charge in [0, 0.05) is 11.5 Å². The van der Waals surface area contributed by atoms with Gasteiger partial charge in [0.15, 0.2) is 0 Å². The zero-order valence-electron chi connectivity index (χ0n) is 13.7. The van der Waals surface area contributed by atoms with Gasteiger partial charge < -0.3 is 14.9 Å². The molecule has 3 heteroatoms. The second-order valence-corrected chi connectivity index (χ2v) is 6.30. The molecule has 0 saturated heterocycles. The summed E-state index contributed by atoms with van der Waals surface area (Å²) in [6.07, 6.45) is 0. The summed E-state index contributed by atoms with van der Waals surface area (Å²) in [5, 5.41) is 18.9. The lowest BCUT2D eigenvalue weighted by atomic mass is 9.78. The largest absolute Gasteiger partial charge is 0.508 e. The van der Waals surface area contributed by atoms with E-state index < -0.39 is 0 Å². The van der Waals surface area contributed by atoms with Crippen LogP contribution in [0.2, 0.25) is 0 Å². The topological polar surface area (TPSA) is 49.7 Å². The molecule has 0 spiro atoms. The fourth-order valence-electron chi connectivity index (χ4n) is 2.67. The first-order valence-corrected chi connectivity index (χ1v) is 7.82. The van der Waals surface area contributed by atoms with Crippen LogP contribution in [0.1, 0.15) is 25.0 Å².